The minimum absolute atomic E-state index is 0.0373. The van der Waals surface area contributed by atoms with Crippen LogP contribution in [0.4, 0.5) is 0 Å². The van der Waals surface area contributed by atoms with E-state index in [2.05, 4.69) is 16.3 Å². The molecule has 9 heteroatoms. The van der Waals surface area contributed by atoms with Gasteiger partial charge < -0.3 is 24.1 Å². The highest BCUT2D eigenvalue weighted by atomic mass is 32.2. The Bertz CT molecular complexity index is 1250. The van der Waals surface area contributed by atoms with E-state index in [1.54, 1.807) is 14.2 Å². The molecule has 2 aromatic rings. The molecule has 1 aromatic carbocycles. The smallest absolute Gasteiger partial charge is 0.266 e. The molecule has 3 unspecified atom stereocenters. The maximum absolute atomic E-state index is 13.6. The molecular weight excluding hydrogens is 530 g/mol. The van der Waals surface area contributed by atoms with E-state index in [-0.39, 0.29) is 11.9 Å². The Morgan fingerprint density at radius 1 is 1.10 bits per heavy atom. The monoisotopic (exact) mass is 567 g/mol. The van der Waals surface area contributed by atoms with E-state index in [4.69, 9.17) is 26.1 Å². The van der Waals surface area contributed by atoms with Gasteiger partial charge in [0.25, 0.3) is 5.91 Å². The van der Waals surface area contributed by atoms with Crippen LogP contribution in [0.5, 0.6) is 11.5 Å². The maximum atomic E-state index is 13.6. The Kier molecular flexibility index (Phi) is 8.03. The molecule has 6 rings (SSSR count). The number of nitrogens with one attached hydrogen (secondary N) is 1. The quantitative estimate of drug-likeness (QED) is 0.328. The summed E-state index contributed by atoms with van der Waals surface area (Å²) in [6.45, 7) is 5.30. The summed E-state index contributed by atoms with van der Waals surface area (Å²) in [5.74, 6) is 4.26. The lowest BCUT2D eigenvalue weighted by Crippen LogP contribution is -2.43. The van der Waals surface area contributed by atoms with E-state index in [1.807, 2.05) is 29.2 Å². The van der Waals surface area contributed by atoms with Gasteiger partial charge in [-0.25, -0.2) is 0 Å². The van der Waals surface area contributed by atoms with Gasteiger partial charge in [-0.2, -0.15) is 0 Å². The van der Waals surface area contributed by atoms with Crippen molar-refractivity contribution in [3.05, 3.63) is 40.5 Å². The van der Waals surface area contributed by atoms with Gasteiger partial charge in [0.2, 0.25) is 0 Å². The number of amides is 1. The van der Waals surface area contributed by atoms with Crippen LogP contribution in [0, 0.1) is 11.8 Å². The number of rotatable bonds is 9. The minimum Gasteiger partial charge on any atom is -0.497 e. The molecule has 2 saturated carbocycles. The maximum Gasteiger partial charge on any atom is 0.266 e. The summed E-state index contributed by atoms with van der Waals surface area (Å²) in [6.07, 6.45) is 8.66. The summed E-state index contributed by atoms with van der Waals surface area (Å²) in [4.78, 5) is 18.7. The summed E-state index contributed by atoms with van der Waals surface area (Å²) in [5.41, 5.74) is 1.98. The molecule has 2 bridgehead atoms. The lowest BCUT2D eigenvalue weighted by atomic mass is 9.94. The van der Waals surface area contributed by atoms with Crippen LogP contribution in [0.1, 0.15) is 43.4 Å². The molecule has 208 valence electrons. The fourth-order valence-corrected chi connectivity index (χ4v) is 8.04. The number of hydrogen-bond donors (Lipinski definition) is 1. The molecule has 4 fully saturated rings. The van der Waals surface area contributed by atoms with E-state index < -0.39 is 0 Å². The van der Waals surface area contributed by atoms with Crippen molar-refractivity contribution in [3.8, 4) is 22.8 Å². The summed E-state index contributed by atoms with van der Waals surface area (Å²) in [6, 6.07) is 8.11. The Morgan fingerprint density at radius 2 is 1.87 bits per heavy atom. The number of carbonyl (C=O) groups excluding carboxylic acids is 1. The number of thiocarbonyl (C=S) groups is 1. The van der Waals surface area contributed by atoms with Crippen molar-refractivity contribution in [2.75, 3.05) is 46.9 Å². The molecule has 7 nitrogen and oxygen atoms in total. The molecule has 3 heterocycles. The normalized spacial score (nSPS) is 26.3. The predicted octanol–water partition coefficient (Wildman–Crippen LogP) is 5.19. The number of aryl methyl sites for hydroxylation is 1. The molecule has 1 aromatic heterocycles. The van der Waals surface area contributed by atoms with Crippen molar-refractivity contribution in [2.24, 2.45) is 11.8 Å². The van der Waals surface area contributed by atoms with Crippen molar-refractivity contribution >= 4 is 40.3 Å². The number of nitrogens with zero attached hydrogens (tertiary/aromatic N) is 2. The summed E-state index contributed by atoms with van der Waals surface area (Å²) < 4.78 is 18.1. The number of methoxy groups -OCH3 is 2. The highest BCUT2D eigenvalue weighted by Crippen LogP contribution is 2.49. The SMILES string of the molecule is COc1cc(OC)cc(-c2cc(CCCN3CCNCC3)c(/C=C3\SC(=S)N(C4CC5CCC4C5)C3=O)o2)c1. The zero-order chi connectivity index (χ0) is 26.9. The van der Waals surface area contributed by atoms with Gasteiger partial charge in [0.1, 0.15) is 27.3 Å². The van der Waals surface area contributed by atoms with Crippen LogP contribution < -0.4 is 14.8 Å². The molecule has 0 spiro atoms. The molecule has 4 aliphatic rings. The van der Waals surface area contributed by atoms with Crippen LogP contribution in [0.2, 0.25) is 0 Å². The van der Waals surface area contributed by atoms with Gasteiger partial charge in [-0.1, -0.05) is 30.4 Å². The fourth-order valence-electron chi connectivity index (χ4n) is 6.69. The third-order valence-electron chi connectivity index (χ3n) is 8.73. The van der Waals surface area contributed by atoms with Gasteiger partial charge in [-0.15, -0.1) is 0 Å². The van der Waals surface area contributed by atoms with E-state index >= 15 is 0 Å². The van der Waals surface area contributed by atoms with Gasteiger partial charge in [0, 0.05) is 49.9 Å². The Labute approximate surface area is 240 Å². The molecular formula is C30H37N3O4S2. The van der Waals surface area contributed by atoms with Crippen molar-refractivity contribution in [1.29, 1.82) is 0 Å². The van der Waals surface area contributed by atoms with Crippen molar-refractivity contribution in [2.45, 2.75) is 44.6 Å². The molecule has 1 N–H and O–H groups in total. The van der Waals surface area contributed by atoms with E-state index in [1.165, 1.54) is 31.0 Å². The van der Waals surface area contributed by atoms with Gasteiger partial charge in [-0.3, -0.25) is 9.69 Å². The Balaban J connectivity index is 1.27. The average Bonchev–Trinajstić information content (AvgIpc) is 3.74. The lowest BCUT2D eigenvalue weighted by Gasteiger charge is -2.30. The number of fused-ring (bicyclic) bond motifs is 2. The standard InChI is InChI=1S/C30H37N3O4S2/c1-35-23-14-22(15-24(17-23)36-2)26-16-21(4-3-9-32-10-7-31-8-11-32)27(37-26)18-28-29(34)33(30(38)39-28)25-13-19-5-6-20(25)12-19/h14-20,25,31H,3-13H2,1-2H3/b28-18-. The summed E-state index contributed by atoms with van der Waals surface area (Å²) >= 11 is 7.15. The summed E-state index contributed by atoms with van der Waals surface area (Å²) in [5, 5.41) is 3.42. The molecule has 1 amide bonds. The second-order valence-corrected chi connectivity index (χ2v) is 12.8. The molecule has 39 heavy (non-hydrogen) atoms. The highest BCUT2D eigenvalue weighted by Gasteiger charge is 2.48. The van der Waals surface area contributed by atoms with E-state index in [0.717, 1.165) is 80.6 Å². The van der Waals surface area contributed by atoms with Crippen molar-refractivity contribution < 1.29 is 18.7 Å². The number of ether oxygens (including phenoxy) is 2. The van der Waals surface area contributed by atoms with Gasteiger partial charge in [0.05, 0.1) is 19.1 Å². The number of piperazine rings is 1. The second-order valence-electron chi connectivity index (χ2n) is 11.1. The topological polar surface area (TPSA) is 67.2 Å². The number of benzene rings is 1. The first kappa shape index (κ1) is 26.9. The molecule has 0 radical (unpaired) electrons. The van der Waals surface area contributed by atoms with E-state index in [0.29, 0.717) is 26.6 Å². The number of carbonyl (C=O) groups is 1. The van der Waals surface area contributed by atoms with Gasteiger partial charge in [-0.05, 0) is 74.2 Å². The van der Waals surface area contributed by atoms with Gasteiger partial charge >= 0.3 is 0 Å². The molecule has 3 atom stereocenters. The first-order valence-electron chi connectivity index (χ1n) is 14.1. The summed E-state index contributed by atoms with van der Waals surface area (Å²) in [7, 11) is 3.29. The third kappa shape index (κ3) is 5.64. The fraction of sp³-hybridized carbons (Fsp3) is 0.533. The number of furan rings is 1. The first-order valence-corrected chi connectivity index (χ1v) is 15.3. The molecule has 2 saturated heterocycles. The van der Waals surface area contributed by atoms with Crippen LogP contribution in [-0.2, 0) is 11.2 Å². The third-order valence-corrected chi connectivity index (χ3v) is 10.1. The Morgan fingerprint density at radius 3 is 2.54 bits per heavy atom. The predicted molar refractivity (Wildman–Crippen MR) is 159 cm³/mol. The zero-order valence-electron chi connectivity index (χ0n) is 22.7. The number of hydrogen-bond acceptors (Lipinski definition) is 8. The first-order chi connectivity index (χ1) is 19.0. The van der Waals surface area contributed by atoms with Crippen LogP contribution in [0.25, 0.3) is 17.4 Å². The highest BCUT2D eigenvalue weighted by molar-refractivity contribution is 8.26. The lowest BCUT2D eigenvalue weighted by molar-refractivity contribution is -0.124. The largest absolute Gasteiger partial charge is 0.497 e. The molecule has 2 aliphatic carbocycles. The van der Waals surface area contributed by atoms with E-state index in [9.17, 15) is 4.79 Å². The number of thioether (sulfide) groups is 1. The zero-order valence-corrected chi connectivity index (χ0v) is 24.4. The second kappa shape index (κ2) is 11.6. The van der Waals surface area contributed by atoms with Crippen LogP contribution >= 0.6 is 24.0 Å². The minimum atomic E-state index is 0.0373. The van der Waals surface area contributed by atoms with Crippen molar-refractivity contribution in [3.63, 3.8) is 0 Å². The van der Waals surface area contributed by atoms with Crippen LogP contribution in [0.15, 0.2) is 33.6 Å². The van der Waals surface area contributed by atoms with Crippen LogP contribution in [-0.4, -0.2) is 73.0 Å². The van der Waals surface area contributed by atoms with Crippen molar-refractivity contribution in [1.82, 2.24) is 15.1 Å². The average molecular weight is 568 g/mol. The van der Waals surface area contributed by atoms with Crippen LogP contribution in [0.3, 0.4) is 0 Å². The molecule has 2 aliphatic heterocycles. The van der Waals surface area contributed by atoms with Gasteiger partial charge in [0.15, 0.2) is 0 Å². The Hall–Kier alpha value is -2.33.